The Morgan fingerprint density at radius 2 is 2.31 bits per heavy atom. The molecular formula is C9H11N3O. The highest BCUT2D eigenvalue weighted by atomic mass is 16.1. The maximum absolute atomic E-state index is 10.4. The number of rotatable bonds is 3. The van der Waals surface area contributed by atoms with Crippen LogP contribution in [0.3, 0.4) is 0 Å². The van der Waals surface area contributed by atoms with Crippen LogP contribution in [-0.2, 0) is 4.79 Å². The van der Waals surface area contributed by atoms with Crippen molar-refractivity contribution in [2.45, 2.75) is 13.3 Å². The van der Waals surface area contributed by atoms with Crippen molar-refractivity contribution < 1.29 is 4.79 Å². The second-order valence-electron chi connectivity index (χ2n) is 2.67. The van der Waals surface area contributed by atoms with E-state index in [1.807, 2.05) is 19.1 Å². The molecule has 0 radical (unpaired) electrons. The monoisotopic (exact) mass is 177 g/mol. The van der Waals surface area contributed by atoms with Gasteiger partial charge in [0.25, 0.3) is 0 Å². The molecule has 4 heteroatoms. The molecule has 0 aliphatic rings. The summed E-state index contributed by atoms with van der Waals surface area (Å²) in [6.07, 6.45) is 3.62. The Bertz CT molecular complexity index is 316. The molecule has 0 aliphatic carbocycles. The number of hydrogen-bond acceptors (Lipinski definition) is 3. The van der Waals surface area contributed by atoms with Crippen LogP contribution < -0.4 is 5.73 Å². The lowest BCUT2D eigenvalue weighted by Gasteiger charge is -1.91. The quantitative estimate of drug-likeness (QED) is 0.737. The molecule has 0 fully saturated rings. The molecule has 13 heavy (non-hydrogen) atoms. The number of aryl methyl sites for hydroxylation is 1. The Kier molecular flexibility index (Phi) is 3.14. The van der Waals surface area contributed by atoms with Gasteiger partial charge in [-0.2, -0.15) is 10.2 Å². The largest absolute Gasteiger partial charge is 0.369 e. The maximum atomic E-state index is 10.4. The van der Waals surface area contributed by atoms with Gasteiger partial charge in [0, 0.05) is 6.42 Å². The number of aromatic nitrogens is 2. The highest BCUT2D eigenvalue weighted by Gasteiger charge is 1.90. The van der Waals surface area contributed by atoms with Crippen molar-refractivity contribution in [3.8, 4) is 0 Å². The third-order valence-electron chi connectivity index (χ3n) is 1.43. The summed E-state index contributed by atoms with van der Waals surface area (Å²) in [4.78, 5) is 10.4. The second kappa shape index (κ2) is 4.35. The van der Waals surface area contributed by atoms with E-state index in [1.165, 1.54) is 0 Å². The van der Waals surface area contributed by atoms with E-state index in [0.29, 0.717) is 0 Å². The number of primary amides is 1. The van der Waals surface area contributed by atoms with Gasteiger partial charge in [-0.05, 0) is 25.1 Å². The molecule has 1 aromatic rings. The molecule has 0 saturated carbocycles. The van der Waals surface area contributed by atoms with Crippen LogP contribution in [0, 0.1) is 6.92 Å². The average molecular weight is 177 g/mol. The van der Waals surface area contributed by atoms with Gasteiger partial charge in [0.2, 0.25) is 5.91 Å². The SMILES string of the molecule is Cc1ccc(C=CCC(N)=O)nn1. The molecule has 0 unspecified atom stereocenters. The Balaban J connectivity index is 2.59. The van der Waals surface area contributed by atoms with Crippen LogP contribution in [0.2, 0.25) is 0 Å². The van der Waals surface area contributed by atoms with Crippen LogP contribution in [0.15, 0.2) is 18.2 Å². The number of carbonyl (C=O) groups excluding carboxylic acids is 1. The fourth-order valence-electron chi connectivity index (χ4n) is 0.794. The summed E-state index contributed by atoms with van der Waals surface area (Å²) in [5.74, 6) is -0.351. The zero-order valence-electron chi connectivity index (χ0n) is 7.40. The molecule has 1 rings (SSSR count). The summed E-state index contributed by atoms with van der Waals surface area (Å²) >= 11 is 0. The number of hydrogen-bond donors (Lipinski definition) is 1. The highest BCUT2D eigenvalue weighted by Crippen LogP contribution is 1.98. The van der Waals surface area contributed by atoms with E-state index in [2.05, 4.69) is 10.2 Å². The molecule has 68 valence electrons. The highest BCUT2D eigenvalue weighted by molar-refractivity contribution is 5.76. The van der Waals surface area contributed by atoms with Crippen LogP contribution in [0.5, 0.6) is 0 Å². The van der Waals surface area contributed by atoms with Gasteiger partial charge in [-0.15, -0.1) is 0 Å². The van der Waals surface area contributed by atoms with Crippen LogP contribution in [0.1, 0.15) is 17.8 Å². The third-order valence-corrected chi connectivity index (χ3v) is 1.43. The molecule has 0 saturated heterocycles. The molecule has 1 heterocycles. The van der Waals surface area contributed by atoms with E-state index in [-0.39, 0.29) is 12.3 Å². The van der Waals surface area contributed by atoms with E-state index in [4.69, 9.17) is 5.73 Å². The Morgan fingerprint density at radius 1 is 1.54 bits per heavy atom. The maximum Gasteiger partial charge on any atom is 0.221 e. The molecule has 0 aromatic carbocycles. The normalized spacial score (nSPS) is 10.5. The number of carbonyl (C=O) groups is 1. The van der Waals surface area contributed by atoms with Gasteiger partial charge in [0.1, 0.15) is 0 Å². The fourth-order valence-corrected chi connectivity index (χ4v) is 0.794. The van der Waals surface area contributed by atoms with Gasteiger partial charge in [0.15, 0.2) is 0 Å². The molecule has 4 nitrogen and oxygen atoms in total. The van der Waals surface area contributed by atoms with E-state index < -0.39 is 0 Å². The standard InChI is InChI=1S/C9H11N3O/c1-7-5-6-8(12-11-7)3-2-4-9(10)13/h2-3,5-6H,4H2,1H3,(H2,10,13). The van der Waals surface area contributed by atoms with Gasteiger partial charge in [-0.3, -0.25) is 4.79 Å². The van der Waals surface area contributed by atoms with Crippen molar-refractivity contribution in [3.05, 3.63) is 29.6 Å². The molecular weight excluding hydrogens is 166 g/mol. The van der Waals surface area contributed by atoms with E-state index in [1.54, 1.807) is 12.2 Å². The zero-order valence-corrected chi connectivity index (χ0v) is 7.40. The number of nitrogens with two attached hydrogens (primary N) is 1. The van der Waals surface area contributed by atoms with Crippen molar-refractivity contribution in [1.82, 2.24) is 10.2 Å². The van der Waals surface area contributed by atoms with Crippen molar-refractivity contribution in [2.75, 3.05) is 0 Å². The first-order chi connectivity index (χ1) is 6.18. The van der Waals surface area contributed by atoms with Crippen LogP contribution in [-0.4, -0.2) is 16.1 Å². The first kappa shape index (κ1) is 9.38. The zero-order chi connectivity index (χ0) is 9.68. The van der Waals surface area contributed by atoms with E-state index in [9.17, 15) is 4.79 Å². The van der Waals surface area contributed by atoms with Crippen LogP contribution in [0.4, 0.5) is 0 Å². The summed E-state index contributed by atoms with van der Waals surface area (Å²) in [5.41, 5.74) is 6.55. The van der Waals surface area contributed by atoms with Crippen molar-refractivity contribution >= 4 is 12.0 Å². The minimum Gasteiger partial charge on any atom is -0.369 e. The van der Waals surface area contributed by atoms with Crippen molar-refractivity contribution in [1.29, 1.82) is 0 Å². The first-order valence-electron chi connectivity index (χ1n) is 3.93. The molecule has 0 aliphatic heterocycles. The average Bonchev–Trinajstić information content (AvgIpc) is 2.08. The molecule has 0 bridgehead atoms. The minimum absolute atomic E-state index is 0.232. The van der Waals surface area contributed by atoms with Gasteiger partial charge < -0.3 is 5.73 Å². The predicted octanol–water partition coefficient (Wildman–Crippen LogP) is 0.674. The molecule has 2 N–H and O–H groups in total. The summed E-state index contributed by atoms with van der Waals surface area (Å²) in [6.45, 7) is 1.86. The summed E-state index contributed by atoms with van der Waals surface area (Å²) < 4.78 is 0. The van der Waals surface area contributed by atoms with Gasteiger partial charge in [-0.1, -0.05) is 6.08 Å². The van der Waals surface area contributed by atoms with E-state index in [0.717, 1.165) is 11.4 Å². The number of nitrogens with zero attached hydrogens (tertiary/aromatic N) is 2. The van der Waals surface area contributed by atoms with Gasteiger partial charge in [-0.25, -0.2) is 0 Å². The van der Waals surface area contributed by atoms with Crippen LogP contribution >= 0.6 is 0 Å². The number of amides is 1. The predicted molar refractivity (Wildman–Crippen MR) is 49.6 cm³/mol. The van der Waals surface area contributed by atoms with E-state index >= 15 is 0 Å². The smallest absolute Gasteiger partial charge is 0.221 e. The molecule has 0 spiro atoms. The lowest BCUT2D eigenvalue weighted by Crippen LogP contribution is -2.07. The van der Waals surface area contributed by atoms with Crippen LogP contribution in [0.25, 0.3) is 6.08 Å². The van der Waals surface area contributed by atoms with Gasteiger partial charge >= 0.3 is 0 Å². The van der Waals surface area contributed by atoms with Crippen molar-refractivity contribution in [2.24, 2.45) is 5.73 Å². The second-order valence-corrected chi connectivity index (χ2v) is 2.67. The third kappa shape index (κ3) is 3.46. The Labute approximate surface area is 76.5 Å². The molecule has 1 aromatic heterocycles. The van der Waals surface area contributed by atoms with Crippen molar-refractivity contribution in [3.63, 3.8) is 0 Å². The summed E-state index contributed by atoms with van der Waals surface area (Å²) in [7, 11) is 0. The summed E-state index contributed by atoms with van der Waals surface area (Å²) in [5, 5.41) is 7.75. The fraction of sp³-hybridized carbons (Fsp3) is 0.222. The Morgan fingerprint density at radius 3 is 2.85 bits per heavy atom. The first-order valence-corrected chi connectivity index (χ1v) is 3.93. The minimum atomic E-state index is -0.351. The molecule has 1 amide bonds. The Hall–Kier alpha value is -1.71. The lowest BCUT2D eigenvalue weighted by molar-refractivity contribution is -0.117. The lowest BCUT2D eigenvalue weighted by atomic mass is 10.3. The topological polar surface area (TPSA) is 68.9 Å². The van der Waals surface area contributed by atoms with Gasteiger partial charge in [0.05, 0.1) is 11.4 Å². The summed E-state index contributed by atoms with van der Waals surface area (Å²) in [6, 6.07) is 3.69. The molecule has 0 atom stereocenters.